The van der Waals surface area contributed by atoms with Crippen LogP contribution in [-0.4, -0.2) is 43.0 Å². The third-order valence-corrected chi connectivity index (χ3v) is 4.38. The van der Waals surface area contributed by atoms with Crippen molar-refractivity contribution < 1.29 is 14.0 Å². The summed E-state index contributed by atoms with van der Waals surface area (Å²) in [5.74, 6) is 1.33. The quantitative estimate of drug-likeness (QED) is 0.657. The lowest BCUT2D eigenvalue weighted by molar-refractivity contribution is -0.123. The zero-order chi connectivity index (χ0) is 17.5. The van der Waals surface area contributed by atoms with Crippen LogP contribution >= 0.6 is 0 Å². The molecule has 1 saturated heterocycles. The van der Waals surface area contributed by atoms with Crippen LogP contribution in [0.3, 0.4) is 0 Å². The number of nitrogens with two attached hydrogens (primary N) is 1. The van der Waals surface area contributed by atoms with Crippen molar-refractivity contribution in [2.24, 2.45) is 11.7 Å². The number of aryl methyl sites for hydroxylation is 1. The first kappa shape index (κ1) is 18.3. The summed E-state index contributed by atoms with van der Waals surface area (Å²) in [6, 6.07) is 3.37. The highest BCUT2D eigenvalue weighted by Crippen LogP contribution is 2.16. The van der Waals surface area contributed by atoms with E-state index in [0.717, 1.165) is 50.4 Å². The van der Waals surface area contributed by atoms with E-state index in [4.69, 9.17) is 10.2 Å². The van der Waals surface area contributed by atoms with Crippen LogP contribution in [0.2, 0.25) is 0 Å². The van der Waals surface area contributed by atoms with E-state index in [1.807, 2.05) is 26.0 Å². The molecule has 134 valence electrons. The standard InChI is InChI=1S/C17H28N4O3/c1-12-6-7-15(24-12)13(2)20-17(23)19-8-4-10-21-9-3-5-14(11-21)16(18)22/h6-7,13-14H,3-5,8-11H2,1-2H3,(H2,18,22)(H2,19,20,23)/t13-,14-/m1/s1. The van der Waals surface area contributed by atoms with Crippen LogP contribution in [0, 0.1) is 12.8 Å². The molecule has 0 spiro atoms. The van der Waals surface area contributed by atoms with Crippen LogP contribution in [0.4, 0.5) is 4.79 Å². The van der Waals surface area contributed by atoms with Gasteiger partial charge in [-0.15, -0.1) is 0 Å². The number of nitrogens with one attached hydrogen (secondary N) is 2. The topological polar surface area (TPSA) is 101 Å². The van der Waals surface area contributed by atoms with Crippen molar-refractivity contribution in [1.82, 2.24) is 15.5 Å². The fraction of sp³-hybridized carbons (Fsp3) is 0.647. The van der Waals surface area contributed by atoms with E-state index < -0.39 is 0 Å². The largest absolute Gasteiger partial charge is 0.464 e. The van der Waals surface area contributed by atoms with E-state index in [2.05, 4.69) is 15.5 Å². The Morgan fingerprint density at radius 3 is 2.92 bits per heavy atom. The second-order valence-corrected chi connectivity index (χ2v) is 6.47. The average molecular weight is 336 g/mol. The van der Waals surface area contributed by atoms with Gasteiger partial charge < -0.3 is 25.7 Å². The summed E-state index contributed by atoms with van der Waals surface area (Å²) in [6.45, 7) is 6.93. The third kappa shape index (κ3) is 5.56. The fourth-order valence-corrected chi connectivity index (χ4v) is 3.00. The lowest BCUT2D eigenvalue weighted by Crippen LogP contribution is -2.42. The van der Waals surface area contributed by atoms with Gasteiger partial charge in [0.25, 0.3) is 0 Å². The van der Waals surface area contributed by atoms with E-state index in [0.29, 0.717) is 6.54 Å². The molecular formula is C17H28N4O3. The first-order valence-corrected chi connectivity index (χ1v) is 8.58. The van der Waals surface area contributed by atoms with Gasteiger partial charge in [0.15, 0.2) is 0 Å². The van der Waals surface area contributed by atoms with Crippen molar-refractivity contribution in [1.29, 1.82) is 0 Å². The van der Waals surface area contributed by atoms with Crippen molar-refractivity contribution in [3.05, 3.63) is 23.7 Å². The number of furan rings is 1. The number of likely N-dealkylation sites (tertiary alicyclic amines) is 1. The predicted octanol–water partition coefficient (Wildman–Crippen LogP) is 1.54. The number of carbonyl (C=O) groups excluding carboxylic acids is 2. The summed E-state index contributed by atoms with van der Waals surface area (Å²) in [4.78, 5) is 25.4. The number of hydrogen-bond donors (Lipinski definition) is 3. The second kappa shape index (κ2) is 8.73. The number of rotatable bonds is 7. The molecule has 1 aliphatic heterocycles. The Morgan fingerprint density at radius 2 is 2.25 bits per heavy atom. The molecule has 0 saturated carbocycles. The Hall–Kier alpha value is -2.02. The molecule has 0 radical (unpaired) electrons. The number of nitrogens with zero attached hydrogens (tertiary/aromatic N) is 1. The molecule has 1 aromatic rings. The van der Waals surface area contributed by atoms with Crippen molar-refractivity contribution in [2.45, 2.75) is 39.2 Å². The number of hydrogen-bond acceptors (Lipinski definition) is 4. The molecule has 1 aromatic heterocycles. The van der Waals surface area contributed by atoms with Gasteiger partial charge in [0.05, 0.1) is 12.0 Å². The van der Waals surface area contributed by atoms with Gasteiger partial charge in [-0.25, -0.2) is 4.79 Å². The molecule has 0 aliphatic carbocycles. The van der Waals surface area contributed by atoms with Gasteiger partial charge in [-0.1, -0.05) is 0 Å². The lowest BCUT2D eigenvalue weighted by atomic mass is 9.97. The summed E-state index contributed by atoms with van der Waals surface area (Å²) in [7, 11) is 0. The molecule has 0 unspecified atom stereocenters. The summed E-state index contributed by atoms with van der Waals surface area (Å²) in [6.07, 6.45) is 2.73. The normalized spacial score (nSPS) is 19.7. The van der Waals surface area contributed by atoms with Crippen molar-refractivity contribution in [3.63, 3.8) is 0 Å². The first-order chi connectivity index (χ1) is 11.5. The molecule has 3 amide bonds. The number of urea groups is 1. The van der Waals surface area contributed by atoms with Gasteiger partial charge in [-0.05, 0) is 58.3 Å². The molecule has 1 aliphatic rings. The maximum atomic E-state index is 11.9. The smallest absolute Gasteiger partial charge is 0.315 e. The molecule has 2 atom stereocenters. The monoisotopic (exact) mass is 336 g/mol. The molecule has 24 heavy (non-hydrogen) atoms. The van der Waals surface area contributed by atoms with E-state index in [1.165, 1.54) is 0 Å². The minimum absolute atomic E-state index is 0.0346. The summed E-state index contributed by atoms with van der Waals surface area (Å²) >= 11 is 0. The van der Waals surface area contributed by atoms with Crippen molar-refractivity contribution >= 4 is 11.9 Å². The number of piperidine rings is 1. The summed E-state index contributed by atoms with van der Waals surface area (Å²) in [5.41, 5.74) is 5.38. The van der Waals surface area contributed by atoms with Crippen LogP contribution < -0.4 is 16.4 Å². The third-order valence-electron chi connectivity index (χ3n) is 4.38. The van der Waals surface area contributed by atoms with Gasteiger partial charge in [0, 0.05) is 13.1 Å². The van der Waals surface area contributed by atoms with Gasteiger partial charge in [0.2, 0.25) is 5.91 Å². The Kier molecular flexibility index (Phi) is 6.66. The van der Waals surface area contributed by atoms with E-state index in [9.17, 15) is 9.59 Å². The molecule has 1 fully saturated rings. The molecule has 7 heteroatoms. The molecule has 0 aromatic carbocycles. The molecule has 2 rings (SSSR count). The van der Waals surface area contributed by atoms with Crippen LogP contribution in [0.15, 0.2) is 16.5 Å². The highest BCUT2D eigenvalue weighted by molar-refractivity contribution is 5.77. The zero-order valence-electron chi connectivity index (χ0n) is 14.5. The van der Waals surface area contributed by atoms with Gasteiger partial charge in [0.1, 0.15) is 11.5 Å². The fourth-order valence-electron chi connectivity index (χ4n) is 3.00. The molecule has 4 N–H and O–H groups in total. The maximum absolute atomic E-state index is 11.9. The SMILES string of the molecule is Cc1ccc([C@@H](C)NC(=O)NCCCN2CCC[C@@H](C(N)=O)C2)o1. The van der Waals surface area contributed by atoms with E-state index in [-0.39, 0.29) is 23.9 Å². The lowest BCUT2D eigenvalue weighted by Gasteiger charge is -2.31. The molecule has 0 bridgehead atoms. The van der Waals surface area contributed by atoms with Crippen LogP contribution in [-0.2, 0) is 4.79 Å². The highest BCUT2D eigenvalue weighted by Gasteiger charge is 2.23. The van der Waals surface area contributed by atoms with E-state index >= 15 is 0 Å². The van der Waals surface area contributed by atoms with E-state index in [1.54, 1.807) is 0 Å². The Morgan fingerprint density at radius 1 is 1.46 bits per heavy atom. The average Bonchev–Trinajstić information content (AvgIpc) is 2.98. The second-order valence-electron chi connectivity index (χ2n) is 6.47. The predicted molar refractivity (Wildman–Crippen MR) is 91.4 cm³/mol. The Balaban J connectivity index is 1.61. The minimum Gasteiger partial charge on any atom is -0.464 e. The summed E-state index contributed by atoms with van der Waals surface area (Å²) in [5, 5.41) is 5.71. The number of amides is 3. The minimum atomic E-state index is -0.209. The maximum Gasteiger partial charge on any atom is 0.315 e. The molecular weight excluding hydrogens is 308 g/mol. The van der Waals surface area contributed by atoms with Crippen LogP contribution in [0.1, 0.15) is 43.7 Å². The zero-order valence-corrected chi connectivity index (χ0v) is 14.5. The Labute approximate surface area is 142 Å². The van der Waals surface area contributed by atoms with Crippen molar-refractivity contribution in [2.75, 3.05) is 26.2 Å². The van der Waals surface area contributed by atoms with Crippen LogP contribution in [0.5, 0.6) is 0 Å². The summed E-state index contributed by atoms with van der Waals surface area (Å²) < 4.78 is 5.49. The first-order valence-electron chi connectivity index (χ1n) is 8.58. The highest BCUT2D eigenvalue weighted by atomic mass is 16.3. The molecule has 2 heterocycles. The van der Waals surface area contributed by atoms with Gasteiger partial charge >= 0.3 is 6.03 Å². The van der Waals surface area contributed by atoms with Gasteiger partial charge in [-0.3, -0.25) is 4.79 Å². The number of carbonyl (C=O) groups is 2. The number of primary amides is 1. The van der Waals surface area contributed by atoms with Gasteiger partial charge in [-0.2, -0.15) is 0 Å². The Bertz CT molecular complexity index is 558. The van der Waals surface area contributed by atoms with Crippen LogP contribution in [0.25, 0.3) is 0 Å². The van der Waals surface area contributed by atoms with Crippen molar-refractivity contribution in [3.8, 4) is 0 Å². The molecule has 7 nitrogen and oxygen atoms in total.